The summed E-state index contributed by atoms with van der Waals surface area (Å²) in [5.74, 6) is -2.05. The number of likely N-dealkylation sites (N-methyl/N-ethyl adjacent to an activating group) is 1. The first-order valence-electron chi connectivity index (χ1n) is 10.0. The first kappa shape index (κ1) is 20.8. The number of aliphatic hydroxyl groups excluding tert-OH is 1. The smallest absolute Gasteiger partial charge is 0.295 e. The second kappa shape index (κ2) is 8.32. The fourth-order valence-corrected chi connectivity index (χ4v) is 3.99. The van der Waals surface area contributed by atoms with E-state index in [-0.39, 0.29) is 11.3 Å². The molecule has 0 spiro atoms. The van der Waals surface area contributed by atoms with Crippen molar-refractivity contribution >= 4 is 28.2 Å². The van der Waals surface area contributed by atoms with E-state index in [1.807, 2.05) is 49.3 Å². The average molecular weight is 418 g/mol. The molecule has 31 heavy (non-hydrogen) atoms. The molecule has 3 aromatic rings. The number of Topliss-reactive ketones (excluding diaryl/α,β-unsaturated/α-hetero) is 1. The van der Waals surface area contributed by atoms with Gasteiger partial charge in [0.1, 0.15) is 11.6 Å². The lowest BCUT2D eigenvalue weighted by molar-refractivity contribution is -0.140. The molecule has 1 unspecified atom stereocenters. The largest absolute Gasteiger partial charge is 0.507 e. The zero-order chi connectivity index (χ0) is 22.1. The second-order valence-corrected chi connectivity index (χ2v) is 7.87. The van der Waals surface area contributed by atoms with E-state index >= 15 is 0 Å². The van der Waals surface area contributed by atoms with Crippen LogP contribution in [0.2, 0.25) is 0 Å². The fourth-order valence-electron chi connectivity index (χ4n) is 3.99. The van der Waals surface area contributed by atoms with Crippen LogP contribution in [0.5, 0.6) is 0 Å². The van der Waals surface area contributed by atoms with Crippen LogP contribution in [-0.4, -0.2) is 53.8 Å². The Hall–Kier alpha value is -3.51. The number of rotatable bonds is 5. The van der Waals surface area contributed by atoms with Crippen molar-refractivity contribution in [2.24, 2.45) is 0 Å². The summed E-state index contributed by atoms with van der Waals surface area (Å²) >= 11 is 0. The number of nitrogens with zero attached hydrogens (tertiary/aromatic N) is 2. The van der Waals surface area contributed by atoms with Gasteiger partial charge in [-0.1, -0.05) is 54.6 Å². The van der Waals surface area contributed by atoms with E-state index in [0.29, 0.717) is 24.2 Å². The number of hydrogen-bond donors (Lipinski definition) is 1. The van der Waals surface area contributed by atoms with Gasteiger partial charge in [-0.25, -0.2) is 4.39 Å². The van der Waals surface area contributed by atoms with Crippen LogP contribution in [-0.2, 0) is 9.59 Å². The number of aliphatic hydroxyl groups is 1. The highest BCUT2D eigenvalue weighted by Crippen LogP contribution is 2.40. The topological polar surface area (TPSA) is 60.9 Å². The minimum absolute atomic E-state index is 0.0201. The quantitative estimate of drug-likeness (QED) is 0.387. The van der Waals surface area contributed by atoms with Crippen LogP contribution in [0.1, 0.15) is 17.2 Å². The van der Waals surface area contributed by atoms with E-state index in [2.05, 4.69) is 0 Å². The molecular weight excluding hydrogens is 395 g/mol. The predicted octanol–water partition coefficient (Wildman–Crippen LogP) is 3.96. The van der Waals surface area contributed by atoms with Crippen LogP contribution < -0.4 is 0 Å². The molecule has 0 aromatic heterocycles. The Morgan fingerprint density at radius 1 is 1.00 bits per heavy atom. The Morgan fingerprint density at radius 2 is 1.68 bits per heavy atom. The first-order valence-corrected chi connectivity index (χ1v) is 10.0. The monoisotopic (exact) mass is 418 g/mol. The van der Waals surface area contributed by atoms with E-state index in [9.17, 15) is 19.1 Å². The third kappa shape index (κ3) is 3.82. The van der Waals surface area contributed by atoms with Crippen LogP contribution >= 0.6 is 0 Å². The third-order valence-electron chi connectivity index (χ3n) is 5.56. The van der Waals surface area contributed by atoms with Crippen molar-refractivity contribution < 1.29 is 19.1 Å². The average Bonchev–Trinajstić information content (AvgIpc) is 3.02. The Bertz CT molecular complexity index is 1180. The van der Waals surface area contributed by atoms with Crippen LogP contribution in [0.25, 0.3) is 16.5 Å². The standard InChI is InChI=1S/C25H23FN2O3/c1-27(2)14-15-28-22(17-10-12-18(26)13-11-17)21(24(30)25(28)31)23(29)20-9-5-7-16-6-3-4-8-19(16)20/h3-13,22,29H,14-15H2,1-2H3/b23-21-. The van der Waals surface area contributed by atoms with Crippen molar-refractivity contribution in [3.05, 3.63) is 89.2 Å². The highest BCUT2D eigenvalue weighted by molar-refractivity contribution is 6.46. The van der Waals surface area contributed by atoms with Crippen molar-refractivity contribution in [2.45, 2.75) is 6.04 Å². The summed E-state index contributed by atoms with van der Waals surface area (Å²) in [5, 5.41) is 13.0. The van der Waals surface area contributed by atoms with E-state index in [4.69, 9.17) is 0 Å². The molecule has 1 atom stereocenters. The molecule has 1 amide bonds. The van der Waals surface area contributed by atoms with Gasteiger partial charge in [0.2, 0.25) is 0 Å². The van der Waals surface area contributed by atoms with Crippen LogP contribution in [0, 0.1) is 5.82 Å². The molecule has 0 saturated carbocycles. The molecule has 3 aromatic carbocycles. The summed E-state index contributed by atoms with van der Waals surface area (Å²) < 4.78 is 13.6. The fraction of sp³-hybridized carbons (Fsp3) is 0.200. The number of carbonyl (C=O) groups excluding carboxylic acids is 2. The van der Waals surface area contributed by atoms with Gasteiger partial charge in [0.25, 0.3) is 11.7 Å². The Labute approximate surface area is 180 Å². The molecule has 1 saturated heterocycles. The van der Waals surface area contributed by atoms with Crippen LogP contribution in [0.4, 0.5) is 4.39 Å². The molecule has 0 bridgehead atoms. The molecule has 1 fully saturated rings. The molecule has 1 aliphatic rings. The molecular formula is C25H23FN2O3. The first-order chi connectivity index (χ1) is 14.9. The Kier molecular flexibility index (Phi) is 5.57. The lowest BCUT2D eigenvalue weighted by atomic mass is 9.93. The van der Waals surface area contributed by atoms with Gasteiger partial charge in [-0.2, -0.15) is 0 Å². The molecule has 0 radical (unpaired) electrons. The number of fused-ring (bicyclic) bond motifs is 1. The number of benzene rings is 3. The molecule has 0 aliphatic carbocycles. The minimum Gasteiger partial charge on any atom is -0.507 e. The van der Waals surface area contributed by atoms with Gasteiger partial charge < -0.3 is 14.9 Å². The van der Waals surface area contributed by atoms with E-state index in [1.54, 1.807) is 24.3 Å². The Morgan fingerprint density at radius 3 is 2.39 bits per heavy atom. The normalized spacial score (nSPS) is 18.3. The number of hydrogen-bond acceptors (Lipinski definition) is 4. The van der Waals surface area contributed by atoms with Crippen LogP contribution in [0.15, 0.2) is 72.3 Å². The van der Waals surface area contributed by atoms with Gasteiger partial charge >= 0.3 is 0 Å². The highest BCUT2D eigenvalue weighted by atomic mass is 19.1. The van der Waals surface area contributed by atoms with E-state index < -0.39 is 23.5 Å². The molecule has 5 nitrogen and oxygen atoms in total. The SMILES string of the molecule is CN(C)CCN1C(=O)C(=O)/C(=C(\O)c2cccc3ccccc23)C1c1ccc(F)cc1. The lowest BCUT2D eigenvalue weighted by Gasteiger charge is -2.26. The molecule has 6 heteroatoms. The number of likely N-dealkylation sites (tertiary alicyclic amines) is 1. The highest BCUT2D eigenvalue weighted by Gasteiger charge is 2.46. The van der Waals surface area contributed by atoms with E-state index in [1.165, 1.54) is 17.0 Å². The van der Waals surface area contributed by atoms with Crippen molar-refractivity contribution in [1.29, 1.82) is 0 Å². The molecule has 158 valence electrons. The maximum absolute atomic E-state index is 13.6. The number of carbonyl (C=O) groups is 2. The Balaban J connectivity index is 1.91. The predicted molar refractivity (Wildman–Crippen MR) is 118 cm³/mol. The summed E-state index contributed by atoms with van der Waals surface area (Å²) in [7, 11) is 3.75. The summed E-state index contributed by atoms with van der Waals surface area (Å²) in [5.41, 5.74) is 1.07. The zero-order valence-electron chi connectivity index (χ0n) is 17.4. The molecule has 4 rings (SSSR count). The van der Waals surface area contributed by atoms with E-state index in [0.717, 1.165) is 10.8 Å². The summed E-state index contributed by atoms with van der Waals surface area (Å²) in [6.45, 7) is 0.838. The number of amides is 1. The van der Waals surface area contributed by atoms with Crippen molar-refractivity contribution in [1.82, 2.24) is 9.80 Å². The van der Waals surface area contributed by atoms with Crippen molar-refractivity contribution in [3.8, 4) is 0 Å². The minimum atomic E-state index is -0.792. The number of halogens is 1. The molecule has 1 heterocycles. The van der Waals surface area contributed by atoms with Gasteiger partial charge in [0.05, 0.1) is 11.6 Å². The van der Waals surface area contributed by atoms with Gasteiger partial charge in [-0.15, -0.1) is 0 Å². The summed E-state index contributed by atoms with van der Waals surface area (Å²) in [6, 6.07) is 17.8. The summed E-state index contributed by atoms with van der Waals surface area (Å²) in [4.78, 5) is 29.3. The summed E-state index contributed by atoms with van der Waals surface area (Å²) in [6.07, 6.45) is 0. The maximum atomic E-state index is 13.6. The van der Waals surface area contributed by atoms with Gasteiger partial charge in [0, 0.05) is 18.7 Å². The molecule has 1 aliphatic heterocycles. The number of ketones is 1. The lowest BCUT2D eigenvalue weighted by Crippen LogP contribution is -2.35. The van der Waals surface area contributed by atoms with Crippen molar-refractivity contribution in [2.75, 3.05) is 27.2 Å². The van der Waals surface area contributed by atoms with Gasteiger partial charge in [-0.3, -0.25) is 9.59 Å². The van der Waals surface area contributed by atoms with Gasteiger partial charge in [0.15, 0.2) is 0 Å². The van der Waals surface area contributed by atoms with Gasteiger partial charge in [-0.05, 0) is 42.6 Å². The van der Waals surface area contributed by atoms with Crippen LogP contribution in [0.3, 0.4) is 0 Å². The molecule has 1 N–H and O–H groups in total. The third-order valence-corrected chi connectivity index (χ3v) is 5.56. The maximum Gasteiger partial charge on any atom is 0.295 e. The zero-order valence-corrected chi connectivity index (χ0v) is 17.4. The van der Waals surface area contributed by atoms with Crippen molar-refractivity contribution in [3.63, 3.8) is 0 Å². The second-order valence-electron chi connectivity index (χ2n) is 7.87.